The van der Waals surface area contributed by atoms with Crippen molar-refractivity contribution in [3.05, 3.63) is 41.5 Å². The highest BCUT2D eigenvalue weighted by atomic mass is 32.2. The van der Waals surface area contributed by atoms with E-state index < -0.39 is 0 Å². The molecule has 1 aromatic carbocycles. The molecule has 0 aliphatic carbocycles. The largest absolute Gasteiger partial charge is 0.202 e. The Morgan fingerprint density at radius 1 is 1.12 bits per heavy atom. The molecule has 0 N–H and O–H groups in total. The Balaban J connectivity index is 2.20. The van der Waals surface area contributed by atoms with E-state index in [0.717, 1.165) is 17.2 Å². The maximum Gasteiger partial charge on any atom is 0.151 e. The Hall–Kier alpha value is -1.62. The van der Waals surface area contributed by atoms with E-state index in [4.69, 9.17) is 0 Å². The molecule has 0 unspecified atom stereocenters. The monoisotopic (exact) mass is 246 g/mol. The van der Waals surface area contributed by atoms with Gasteiger partial charge in [-0.3, -0.25) is 0 Å². The van der Waals surface area contributed by atoms with Gasteiger partial charge in [0.1, 0.15) is 0 Å². The molecule has 2 rings (SSSR count). The van der Waals surface area contributed by atoms with E-state index >= 15 is 0 Å². The number of hydrogen-bond acceptors (Lipinski definition) is 4. The van der Waals surface area contributed by atoms with Crippen molar-refractivity contribution in [3.63, 3.8) is 0 Å². The van der Waals surface area contributed by atoms with E-state index in [9.17, 15) is 0 Å². The van der Waals surface area contributed by atoms with Gasteiger partial charge in [-0.2, -0.15) is 5.10 Å². The van der Waals surface area contributed by atoms with Crippen LogP contribution in [-0.2, 0) is 0 Å². The summed E-state index contributed by atoms with van der Waals surface area (Å²) in [5.74, 6) is 1.58. The normalized spacial score (nSPS) is 11.2. The molecular formula is C12H14N4S. The lowest BCUT2D eigenvalue weighted by atomic mass is 10.2. The second-order valence-electron chi connectivity index (χ2n) is 3.62. The molecule has 0 aliphatic rings. The number of nitrogens with zero attached hydrogens (tertiary/aromatic N) is 4. The smallest absolute Gasteiger partial charge is 0.151 e. The van der Waals surface area contributed by atoms with Crippen LogP contribution in [0.15, 0.2) is 34.3 Å². The third-order valence-electron chi connectivity index (χ3n) is 2.39. The van der Waals surface area contributed by atoms with E-state index in [1.807, 2.05) is 32.2 Å². The number of hydrogen-bond donors (Lipinski definition) is 0. The first kappa shape index (κ1) is 11.9. The fourth-order valence-electron chi connectivity index (χ4n) is 1.45. The average molecular weight is 246 g/mol. The van der Waals surface area contributed by atoms with Gasteiger partial charge in [0.25, 0.3) is 0 Å². The van der Waals surface area contributed by atoms with Crippen molar-refractivity contribution < 1.29 is 0 Å². The van der Waals surface area contributed by atoms with Crippen molar-refractivity contribution in [1.29, 1.82) is 0 Å². The summed E-state index contributed by atoms with van der Waals surface area (Å²) in [6, 6.07) is 8.25. The summed E-state index contributed by atoms with van der Waals surface area (Å²) in [6.07, 6.45) is 3.88. The summed E-state index contributed by atoms with van der Waals surface area (Å²) in [7, 11) is 0. The Labute approximate surface area is 105 Å². The Kier molecular flexibility index (Phi) is 3.58. The number of thioether (sulfide) groups is 1. The van der Waals surface area contributed by atoms with Gasteiger partial charge in [0, 0.05) is 4.90 Å². The fraction of sp³-hybridized carbons (Fsp3) is 0.250. The molecular weight excluding hydrogens is 232 g/mol. The predicted molar refractivity (Wildman–Crippen MR) is 70.7 cm³/mol. The average Bonchev–Trinajstić information content (AvgIpc) is 2.67. The lowest BCUT2D eigenvalue weighted by Gasteiger charge is -1.98. The maximum absolute atomic E-state index is 4.35. The zero-order valence-electron chi connectivity index (χ0n) is 10.1. The minimum Gasteiger partial charge on any atom is -0.202 e. The highest BCUT2D eigenvalue weighted by Crippen LogP contribution is 2.14. The molecule has 17 heavy (non-hydrogen) atoms. The van der Waals surface area contributed by atoms with Crippen LogP contribution in [0, 0.1) is 13.8 Å². The lowest BCUT2D eigenvalue weighted by molar-refractivity contribution is 0.799. The topological polar surface area (TPSA) is 43.1 Å². The van der Waals surface area contributed by atoms with Gasteiger partial charge in [-0.05, 0) is 37.8 Å². The number of rotatable bonds is 3. The van der Waals surface area contributed by atoms with Crippen LogP contribution in [0.2, 0.25) is 0 Å². The molecule has 1 heterocycles. The van der Waals surface area contributed by atoms with Gasteiger partial charge in [0.05, 0.1) is 6.21 Å². The number of benzene rings is 1. The molecule has 0 radical (unpaired) electrons. The molecule has 0 spiro atoms. The third kappa shape index (κ3) is 2.74. The SMILES string of the molecule is CSc1ccc(/C=N/n2c(C)nnc2C)cc1. The summed E-state index contributed by atoms with van der Waals surface area (Å²) < 4.78 is 1.72. The molecule has 0 fully saturated rings. The van der Waals surface area contributed by atoms with Gasteiger partial charge in [0.2, 0.25) is 0 Å². The van der Waals surface area contributed by atoms with Gasteiger partial charge in [0.15, 0.2) is 11.6 Å². The summed E-state index contributed by atoms with van der Waals surface area (Å²) in [6.45, 7) is 3.77. The molecule has 0 saturated carbocycles. The van der Waals surface area contributed by atoms with Gasteiger partial charge in [-0.1, -0.05) is 12.1 Å². The Morgan fingerprint density at radius 2 is 1.71 bits per heavy atom. The van der Waals surface area contributed by atoms with Crippen molar-refractivity contribution in [2.24, 2.45) is 5.10 Å². The molecule has 2 aromatic rings. The summed E-state index contributed by atoms with van der Waals surface area (Å²) in [5, 5.41) is 12.3. The maximum atomic E-state index is 4.35. The standard InChI is InChI=1S/C12H14N4S/c1-9-14-15-10(2)16(9)13-8-11-4-6-12(17-3)7-5-11/h4-8H,1-3H3/b13-8+. The van der Waals surface area contributed by atoms with Crippen molar-refractivity contribution in [3.8, 4) is 0 Å². The summed E-state index contributed by atoms with van der Waals surface area (Å²) >= 11 is 1.73. The molecule has 88 valence electrons. The molecule has 0 amide bonds. The van der Waals surface area contributed by atoms with Crippen LogP contribution in [0.4, 0.5) is 0 Å². The molecule has 5 heteroatoms. The van der Waals surface area contributed by atoms with E-state index in [1.54, 1.807) is 16.4 Å². The van der Waals surface area contributed by atoms with Gasteiger partial charge in [-0.15, -0.1) is 22.0 Å². The highest BCUT2D eigenvalue weighted by Gasteiger charge is 2.00. The Morgan fingerprint density at radius 3 is 2.24 bits per heavy atom. The molecule has 1 aromatic heterocycles. The van der Waals surface area contributed by atoms with Crippen LogP contribution in [0.25, 0.3) is 0 Å². The second kappa shape index (κ2) is 5.14. The zero-order valence-corrected chi connectivity index (χ0v) is 10.9. The van der Waals surface area contributed by atoms with Crippen LogP contribution >= 0.6 is 11.8 Å². The highest BCUT2D eigenvalue weighted by molar-refractivity contribution is 7.98. The van der Waals surface area contributed by atoms with Crippen molar-refractivity contribution in [2.75, 3.05) is 6.26 Å². The van der Waals surface area contributed by atoms with E-state index in [2.05, 4.69) is 33.7 Å². The van der Waals surface area contributed by atoms with Crippen LogP contribution in [0.1, 0.15) is 17.2 Å². The third-order valence-corrected chi connectivity index (χ3v) is 3.13. The Bertz CT molecular complexity index is 508. The zero-order chi connectivity index (χ0) is 12.3. The van der Waals surface area contributed by atoms with E-state index in [-0.39, 0.29) is 0 Å². The van der Waals surface area contributed by atoms with Gasteiger partial charge >= 0.3 is 0 Å². The molecule has 0 aliphatic heterocycles. The number of aryl methyl sites for hydroxylation is 2. The minimum atomic E-state index is 0.791. The van der Waals surface area contributed by atoms with Crippen molar-refractivity contribution in [2.45, 2.75) is 18.7 Å². The van der Waals surface area contributed by atoms with Crippen LogP contribution in [-0.4, -0.2) is 27.3 Å². The first-order valence-electron chi connectivity index (χ1n) is 5.28. The fourth-order valence-corrected chi connectivity index (χ4v) is 1.85. The van der Waals surface area contributed by atoms with Crippen LogP contribution in [0.5, 0.6) is 0 Å². The number of aromatic nitrogens is 3. The molecule has 0 saturated heterocycles. The van der Waals surface area contributed by atoms with E-state index in [0.29, 0.717) is 0 Å². The molecule has 0 atom stereocenters. The van der Waals surface area contributed by atoms with Crippen molar-refractivity contribution >= 4 is 18.0 Å². The van der Waals surface area contributed by atoms with Gasteiger partial charge < -0.3 is 0 Å². The first-order chi connectivity index (χ1) is 8.20. The quantitative estimate of drug-likeness (QED) is 0.617. The lowest BCUT2D eigenvalue weighted by Crippen LogP contribution is -1.96. The van der Waals surface area contributed by atoms with Crippen LogP contribution in [0.3, 0.4) is 0 Å². The minimum absolute atomic E-state index is 0.791. The summed E-state index contributed by atoms with van der Waals surface area (Å²) in [4.78, 5) is 1.25. The van der Waals surface area contributed by atoms with Crippen LogP contribution < -0.4 is 0 Å². The summed E-state index contributed by atoms with van der Waals surface area (Å²) in [5.41, 5.74) is 1.07. The molecule has 4 nitrogen and oxygen atoms in total. The van der Waals surface area contributed by atoms with E-state index in [1.165, 1.54) is 4.90 Å². The van der Waals surface area contributed by atoms with Gasteiger partial charge in [-0.25, -0.2) is 4.68 Å². The predicted octanol–water partition coefficient (Wildman–Crippen LogP) is 2.50. The second-order valence-corrected chi connectivity index (χ2v) is 4.50. The first-order valence-corrected chi connectivity index (χ1v) is 6.50. The van der Waals surface area contributed by atoms with Crippen molar-refractivity contribution in [1.82, 2.24) is 14.9 Å². The molecule has 0 bridgehead atoms.